The lowest BCUT2D eigenvalue weighted by Gasteiger charge is -2.02. The Bertz CT molecular complexity index is 594. The molecule has 1 aromatic carbocycles. The molecule has 94 valence electrons. The fraction of sp³-hybridized carbons (Fsp3) is 0.231. The van der Waals surface area contributed by atoms with Crippen LogP contribution in [-0.4, -0.2) is 16.1 Å². The molecule has 0 aliphatic heterocycles. The Morgan fingerprint density at radius 1 is 1.44 bits per heavy atom. The monoisotopic (exact) mass is 265 g/mol. The second-order valence-electron chi connectivity index (χ2n) is 4.01. The molecule has 0 aliphatic rings. The van der Waals surface area contributed by atoms with Gasteiger partial charge in [-0.05, 0) is 26.0 Å². The van der Waals surface area contributed by atoms with Crippen molar-refractivity contribution in [2.75, 3.05) is 0 Å². The summed E-state index contributed by atoms with van der Waals surface area (Å²) in [6.45, 7) is 3.35. The van der Waals surface area contributed by atoms with Gasteiger partial charge in [0.25, 0.3) is 0 Å². The molecule has 0 amide bonds. The van der Waals surface area contributed by atoms with Crippen molar-refractivity contribution in [2.45, 2.75) is 19.8 Å². The number of aromatic nitrogens is 1. The van der Waals surface area contributed by atoms with Crippen molar-refractivity contribution in [3.8, 4) is 10.6 Å². The van der Waals surface area contributed by atoms with Crippen LogP contribution in [0.25, 0.3) is 10.6 Å². The first-order chi connectivity index (χ1) is 8.50. The van der Waals surface area contributed by atoms with E-state index in [4.69, 9.17) is 5.11 Å². The highest BCUT2D eigenvalue weighted by Crippen LogP contribution is 2.33. The molecule has 1 unspecified atom stereocenters. The van der Waals surface area contributed by atoms with Gasteiger partial charge in [0, 0.05) is 10.4 Å². The maximum atomic E-state index is 13.6. The average molecular weight is 265 g/mol. The van der Waals surface area contributed by atoms with Gasteiger partial charge in [0.15, 0.2) is 0 Å². The fourth-order valence-electron chi connectivity index (χ4n) is 1.67. The van der Waals surface area contributed by atoms with Crippen LogP contribution in [0.5, 0.6) is 0 Å². The number of rotatable bonds is 3. The molecule has 0 aliphatic carbocycles. The predicted molar refractivity (Wildman–Crippen MR) is 68.3 cm³/mol. The van der Waals surface area contributed by atoms with Crippen LogP contribution in [0.3, 0.4) is 0 Å². The normalized spacial score (nSPS) is 12.4. The van der Waals surface area contributed by atoms with E-state index in [0.717, 1.165) is 0 Å². The van der Waals surface area contributed by atoms with E-state index < -0.39 is 11.9 Å². The fourth-order valence-corrected chi connectivity index (χ4v) is 2.81. The van der Waals surface area contributed by atoms with E-state index in [9.17, 15) is 9.18 Å². The summed E-state index contributed by atoms with van der Waals surface area (Å²) in [6.07, 6.45) is 0. The zero-order chi connectivity index (χ0) is 13.3. The molecule has 3 nitrogen and oxygen atoms in total. The Labute approximate surface area is 108 Å². The lowest BCUT2D eigenvalue weighted by atomic mass is 10.1. The van der Waals surface area contributed by atoms with Gasteiger partial charge >= 0.3 is 5.97 Å². The Morgan fingerprint density at radius 3 is 2.72 bits per heavy atom. The lowest BCUT2D eigenvalue weighted by molar-refractivity contribution is -0.138. The summed E-state index contributed by atoms with van der Waals surface area (Å²) in [5.74, 6) is -1.87. The van der Waals surface area contributed by atoms with Crippen LogP contribution in [0.15, 0.2) is 24.3 Å². The number of benzene rings is 1. The molecule has 1 heterocycles. The SMILES string of the molecule is Cc1nc(-c2ccccc2F)sc1C(C)C(=O)O. The van der Waals surface area contributed by atoms with Crippen molar-refractivity contribution in [1.82, 2.24) is 4.98 Å². The molecule has 1 aromatic heterocycles. The Balaban J connectivity index is 2.47. The molecule has 5 heteroatoms. The average Bonchev–Trinajstić information content (AvgIpc) is 2.70. The molecule has 2 rings (SSSR count). The molecule has 0 radical (unpaired) electrons. The summed E-state index contributed by atoms with van der Waals surface area (Å²) in [4.78, 5) is 15.9. The van der Waals surface area contributed by atoms with Crippen LogP contribution < -0.4 is 0 Å². The number of thiazole rings is 1. The number of carboxylic acids is 1. The summed E-state index contributed by atoms with van der Waals surface area (Å²) in [5.41, 5.74) is 1.06. The molecule has 0 saturated carbocycles. The van der Waals surface area contributed by atoms with Gasteiger partial charge < -0.3 is 5.11 Å². The summed E-state index contributed by atoms with van der Waals surface area (Å²) < 4.78 is 13.6. The second kappa shape index (κ2) is 4.86. The highest BCUT2D eigenvalue weighted by molar-refractivity contribution is 7.15. The predicted octanol–water partition coefficient (Wildman–Crippen LogP) is 3.45. The number of carboxylic acid groups (broad SMARTS) is 1. The second-order valence-corrected chi connectivity index (χ2v) is 5.04. The van der Waals surface area contributed by atoms with Crippen LogP contribution >= 0.6 is 11.3 Å². The van der Waals surface area contributed by atoms with Crippen LogP contribution in [0, 0.1) is 12.7 Å². The highest BCUT2D eigenvalue weighted by Gasteiger charge is 2.21. The van der Waals surface area contributed by atoms with E-state index in [1.165, 1.54) is 17.4 Å². The minimum Gasteiger partial charge on any atom is -0.481 e. The van der Waals surface area contributed by atoms with Gasteiger partial charge in [-0.2, -0.15) is 0 Å². The number of aryl methyl sites for hydroxylation is 1. The molecule has 2 aromatic rings. The number of hydrogen-bond acceptors (Lipinski definition) is 3. The van der Waals surface area contributed by atoms with Gasteiger partial charge in [0.2, 0.25) is 0 Å². The first-order valence-corrected chi connectivity index (χ1v) is 6.27. The zero-order valence-corrected chi connectivity index (χ0v) is 10.8. The van der Waals surface area contributed by atoms with Crippen LogP contribution in [0.4, 0.5) is 4.39 Å². The highest BCUT2D eigenvalue weighted by atomic mass is 32.1. The van der Waals surface area contributed by atoms with Crippen LogP contribution in [0.1, 0.15) is 23.4 Å². The Kier molecular flexibility index (Phi) is 3.43. The third-order valence-corrected chi connectivity index (χ3v) is 4.07. The van der Waals surface area contributed by atoms with Gasteiger partial charge in [0.1, 0.15) is 10.8 Å². The van der Waals surface area contributed by atoms with Gasteiger partial charge in [-0.15, -0.1) is 11.3 Å². The lowest BCUT2D eigenvalue weighted by Crippen LogP contribution is -2.06. The van der Waals surface area contributed by atoms with Gasteiger partial charge in [-0.3, -0.25) is 4.79 Å². The molecular formula is C13H12FNO2S. The van der Waals surface area contributed by atoms with E-state index in [1.807, 2.05) is 0 Å². The minimum atomic E-state index is -0.901. The van der Waals surface area contributed by atoms with Gasteiger partial charge in [0.05, 0.1) is 11.6 Å². The van der Waals surface area contributed by atoms with Crippen molar-refractivity contribution >= 4 is 17.3 Å². The minimum absolute atomic E-state index is 0.347. The number of carbonyl (C=O) groups is 1. The van der Waals surface area contributed by atoms with Crippen molar-refractivity contribution in [3.63, 3.8) is 0 Å². The molecule has 0 saturated heterocycles. The zero-order valence-electron chi connectivity index (χ0n) is 9.98. The van der Waals surface area contributed by atoms with E-state index in [-0.39, 0.29) is 5.82 Å². The molecule has 0 bridgehead atoms. The Hall–Kier alpha value is -1.75. The summed E-state index contributed by atoms with van der Waals surface area (Å²) in [6, 6.07) is 6.35. The maximum Gasteiger partial charge on any atom is 0.311 e. The standard InChI is InChI=1S/C13H12FNO2S/c1-7(13(16)17)11-8(2)15-12(18-11)9-5-3-4-6-10(9)14/h3-7H,1-2H3,(H,16,17). The molecule has 0 fully saturated rings. The van der Waals surface area contributed by atoms with E-state index in [1.54, 1.807) is 32.0 Å². The van der Waals surface area contributed by atoms with E-state index in [2.05, 4.69) is 4.98 Å². The van der Waals surface area contributed by atoms with Crippen molar-refractivity contribution in [1.29, 1.82) is 0 Å². The molecule has 1 atom stereocenters. The van der Waals surface area contributed by atoms with E-state index >= 15 is 0 Å². The van der Waals surface area contributed by atoms with E-state index in [0.29, 0.717) is 21.1 Å². The Morgan fingerprint density at radius 2 is 2.11 bits per heavy atom. The third-order valence-electron chi connectivity index (χ3n) is 2.70. The molecule has 1 N–H and O–H groups in total. The smallest absolute Gasteiger partial charge is 0.311 e. The maximum absolute atomic E-state index is 13.6. The first kappa shape index (κ1) is 12.7. The molecule has 18 heavy (non-hydrogen) atoms. The van der Waals surface area contributed by atoms with Crippen molar-refractivity contribution < 1.29 is 14.3 Å². The quantitative estimate of drug-likeness (QED) is 0.924. The van der Waals surface area contributed by atoms with Crippen molar-refractivity contribution in [2.24, 2.45) is 0 Å². The van der Waals surface area contributed by atoms with Crippen LogP contribution in [-0.2, 0) is 4.79 Å². The first-order valence-electron chi connectivity index (χ1n) is 5.45. The third kappa shape index (κ3) is 2.26. The largest absolute Gasteiger partial charge is 0.481 e. The van der Waals surface area contributed by atoms with Gasteiger partial charge in [-0.1, -0.05) is 12.1 Å². The van der Waals surface area contributed by atoms with Crippen molar-refractivity contribution in [3.05, 3.63) is 40.7 Å². The number of hydrogen-bond donors (Lipinski definition) is 1. The molecular weight excluding hydrogens is 253 g/mol. The van der Waals surface area contributed by atoms with Crippen LogP contribution in [0.2, 0.25) is 0 Å². The van der Waals surface area contributed by atoms with Gasteiger partial charge in [-0.25, -0.2) is 9.37 Å². The summed E-state index contributed by atoms with van der Waals surface area (Å²) in [7, 11) is 0. The summed E-state index contributed by atoms with van der Waals surface area (Å²) in [5, 5.41) is 9.52. The number of aliphatic carboxylic acids is 1. The number of nitrogens with zero attached hydrogens (tertiary/aromatic N) is 1. The number of halogens is 1. The summed E-state index contributed by atoms with van der Waals surface area (Å²) >= 11 is 1.23. The molecule has 0 spiro atoms. The topological polar surface area (TPSA) is 50.2 Å².